The summed E-state index contributed by atoms with van der Waals surface area (Å²) in [6.07, 6.45) is 0.405. The first-order valence-corrected chi connectivity index (χ1v) is 6.07. The molecule has 100 valence electrons. The number of ether oxygens (including phenoxy) is 1. The molecule has 0 saturated carbocycles. The van der Waals surface area contributed by atoms with Crippen molar-refractivity contribution in [3.05, 3.63) is 29.6 Å². The summed E-state index contributed by atoms with van der Waals surface area (Å²) in [5.41, 5.74) is -0.280. The van der Waals surface area contributed by atoms with Crippen molar-refractivity contribution in [2.45, 2.75) is 19.3 Å². The highest BCUT2D eigenvalue weighted by molar-refractivity contribution is 5.32. The van der Waals surface area contributed by atoms with E-state index in [0.29, 0.717) is 19.6 Å². The van der Waals surface area contributed by atoms with E-state index in [0.717, 1.165) is 6.07 Å². The third kappa shape index (κ3) is 2.46. The van der Waals surface area contributed by atoms with Crippen molar-refractivity contribution in [3.63, 3.8) is 0 Å². The summed E-state index contributed by atoms with van der Waals surface area (Å²) >= 11 is 0. The Bertz CT molecular complexity index is 417. The van der Waals surface area contributed by atoms with Gasteiger partial charge in [-0.3, -0.25) is 0 Å². The van der Waals surface area contributed by atoms with Crippen molar-refractivity contribution in [1.29, 1.82) is 0 Å². The van der Waals surface area contributed by atoms with Crippen LogP contribution in [0.3, 0.4) is 0 Å². The lowest BCUT2D eigenvalue weighted by Gasteiger charge is -2.23. The van der Waals surface area contributed by atoms with Crippen LogP contribution in [0.2, 0.25) is 0 Å². The van der Waals surface area contributed by atoms with E-state index in [4.69, 9.17) is 4.74 Å². The molecule has 1 N–H and O–H groups in total. The number of halogens is 3. The van der Waals surface area contributed by atoms with Gasteiger partial charge in [0, 0.05) is 18.0 Å². The Kier molecular flexibility index (Phi) is 3.80. The van der Waals surface area contributed by atoms with Gasteiger partial charge < -0.3 is 10.1 Å². The second-order valence-corrected chi connectivity index (χ2v) is 4.39. The van der Waals surface area contributed by atoms with Gasteiger partial charge in [0.25, 0.3) is 5.92 Å². The fourth-order valence-corrected chi connectivity index (χ4v) is 2.18. The topological polar surface area (TPSA) is 21.3 Å². The third-order valence-corrected chi connectivity index (χ3v) is 3.19. The van der Waals surface area contributed by atoms with E-state index in [2.05, 4.69) is 5.32 Å². The van der Waals surface area contributed by atoms with Crippen molar-refractivity contribution < 1.29 is 17.9 Å². The van der Waals surface area contributed by atoms with E-state index in [9.17, 15) is 13.2 Å². The molecule has 1 unspecified atom stereocenters. The largest absolute Gasteiger partial charge is 0.491 e. The second-order valence-electron chi connectivity index (χ2n) is 4.39. The van der Waals surface area contributed by atoms with Crippen molar-refractivity contribution in [2.75, 3.05) is 19.7 Å². The zero-order valence-corrected chi connectivity index (χ0v) is 10.2. The molecular weight excluding hydrogens is 243 g/mol. The molecule has 2 rings (SSSR count). The van der Waals surface area contributed by atoms with Crippen LogP contribution in [0.1, 0.15) is 18.9 Å². The smallest absolute Gasteiger partial charge is 0.277 e. The van der Waals surface area contributed by atoms with Crippen LogP contribution in [0.15, 0.2) is 18.2 Å². The Morgan fingerprint density at radius 3 is 2.78 bits per heavy atom. The van der Waals surface area contributed by atoms with Gasteiger partial charge in [0.1, 0.15) is 0 Å². The van der Waals surface area contributed by atoms with E-state index >= 15 is 0 Å². The maximum absolute atomic E-state index is 14.1. The van der Waals surface area contributed by atoms with Crippen molar-refractivity contribution in [1.82, 2.24) is 5.32 Å². The summed E-state index contributed by atoms with van der Waals surface area (Å²) < 4.78 is 46.8. The second kappa shape index (κ2) is 5.18. The Morgan fingerprint density at radius 2 is 2.22 bits per heavy atom. The molecule has 1 fully saturated rings. The van der Waals surface area contributed by atoms with Crippen LogP contribution in [0.5, 0.6) is 5.75 Å². The summed E-state index contributed by atoms with van der Waals surface area (Å²) in [6, 6.07) is 3.39. The molecule has 0 aliphatic carbocycles. The number of hydrogen-bond acceptors (Lipinski definition) is 2. The molecule has 0 radical (unpaired) electrons. The fourth-order valence-electron chi connectivity index (χ4n) is 2.18. The average Bonchev–Trinajstić information content (AvgIpc) is 2.86. The Hall–Kier alpha value is -1.23. The Balaban J connectivity index is 2.24. The van der Waals surface area contributed by atoms with Gasteiger partial charge in [-0.1, -0.05) is 0 Å². The molecule has 1 atom stereocenters. The summed E-state index contributed by atoms with van der Waals surface area (Å²) in [7, 11) is 0. The Labute approximate surface area is 104 Å². The van der Waals surface area contributed by atoms with Gasteiger partial charge in [0.2, 0.25) is 0 Å². The normalized spacial score (nSPS) is 20.1. The van der Waals surface area contributed by atoms with Gasteiger partial charge >= 0.3 is 0 Å². The van der Waals surface area contributed by atoms with Gasteiger partial charge in [-0.25, -0.2) is 13.2 Å². The third-order valence-electron chi connectivity index (χ3n) is 3.19. The lowest BCUT2D eigenvalue weighted by atomic mass is 9.93. The average molecular weight is 259 g/mol. The lowest BCUT2D eigenvalue weighted by Crippen LogP contribution is -2.27. The van der Waals surface area contributed by atoms with Gasteiger partial charge in [-0.2, -0.15) is 0 Å². The van der Waals surface area contributed by atoms with Crippen molar-refractivity contribution in [3.8, 4) is 5.75 Å². The quantitative estimate of drug-likeness (QED) is 0.897. The van der Waals surface area contributed by atoms with Crippen LogP contribution in [0.25, 0.3) is 0 Å². The van der Waals surface area contributed by atoms with Crippen molar-refractivity contribution >= 4 is 0 Å². The highest BCUT2D eigenvalue weighted by Gasteiger charge is 2.42. The Morgan fingerprint density at radius 1 is 1.44 bits per heavy atom. The first kappa shape index (κ1) is 13.2. The number of hydrogen-bond donors (Lipinski definition) is 1. The number of rotatable bonds is 4. The summed E-state index contributed by atoms with van der Waals surface area (Å²) in [4.78, 5) is 0. The highest BCUT2D eigenvalue weighted by atomic mass is 19.3. The molecule has 1 aromatic carbocycles. The summed E-state index contributed by atoms with van der Waals surface area (Å²) in [5.74, 6) is -4.49. The molecule has 2 nitrogen and oxygen atoms in total. The predicted molar refractivity (Wildman–Crippen MR) is 62.4 cm³/mol. The molecular formula is C13H16F3NO. The van der Waals surface area contributed by atoms with E-state index in [-0.39, 0.29) is 17.9 Å². The van der Waals surface area contributed by atoms with E-state index < -0.39 is 17.7 Å². The van der Waals surface area contributed by atoms with Gasteiger partial charge in [0.15, 0.2) is 11.6 Å². The van der Waals surface area contributed by atoms with Gasteiger partial charge in [-0.15, -0.1) is 0 Å². The van der Waals surface area contributed by atoms with Crippen LogP contribution >= 0.6 is 0 Å². The first-order chi connectivity index (χ1) is 8.55. The lowest BCUT2D eigenvalue weighted by molar-refractivity contribution is -0.0578. The van der Waals surface area contributed by atoms with Crippen LogP contribution in [0, 0.1) is 11.7 Å². The summed E-state index contributed by atoms with van der Waals surface area (Å²) in [5, 5.41) is 2.90. The molecule has 1 aliphatic heterocycles. The maximum atomic E-state index is 14.1. The standard InChI is InChI=1S/C13H16F3NO/c1-2-18-12-4-3-9(7-11(12)14)13(15,16)10-5-6-17-8-10/h3-4,7,10,17H,2,5-6,8H2,1H3. The van der Waals surface area contributed by atoms with Crippen LogP contribution in [-0.4, -0.2) is 19.7 Å². The minimum absolute atomic E-state index is 0.0154. The molecule has 0 spiro atoms. The molecule has 1 saturated heterocycles. The number of alkyl halides is 2. The molecule has 5 heteroatoms. The van der Waals surface area contributed by atoms with Gasteiger partial charge in [-0.05, 0) is 38.1 Å². The predicted octanol–water partition coefficient (Wildman–Crippen LogP) is 2.93. The summed E-state index contributed by atoms with van der Waals surface area (Å²) in [6.45, 7) is 2.87. The van der Waals surface area contributed by atoms with Gasteiger partial charge in [0.05, 0.1) is 6.61 Å². The molecule has 0 aromatic heterocycles. The molecule has 18 heavy (non-hydrogen) atoms. The maximum Gasteiger partial charge on any atom is 0.277 e. The van der Waals surface area contributed by atoms with Crippen LogP contribution in [0.4, 0.5) is 13.2 Å². The molecule has 1 heterocycles. The molecule has 0 amide bonds. The fraction of sp³-hybridized carbons (Fsp3) is 0.538. The number of nitrogens with one attached hydrogen (secondary N) is 1. The minimum atomic E-state index is -3.00. The molecule has 0 bridgehead atoms. The zero-order valence-electron chi connectivity index (χ0n) is 10.2. The minimum Gasteiger partial charge on any atom is -0.491 e. The SMILES string of the molecule is CCOc1ccc(C(F)(F)C2CCNC2)cc1F. The van der Waals surface area contributed by atoms with E-state index in [1.54, 1.807) is 6.92 Å². The molecule has 1 aliphatic rings. The zero-order chi connectivity index (χ0) is 13.2. The van der Waals surface area contributed by atoms with Crippen LogP contribution < -0.4 is 10.1 Å². The van der Waals surface area contributed by atoms with Crippen LogP contribution in [-0.2, 0) is 5.92 Å². The van der Waals surface area contributed by atoms with E-state index in [1.165, 1.54) is 12.1 Å². The van der Waals surface area contributed by atoms with E-state index in [1.807, 2.05) is 0 Å². The monoisotopic (exact) mass is 259 g/mol. The first-order valence-electron chi connectivity index (χ1n) is 6.07. The van der Waals surface area contributed by atoms with Crippen molar-refractivity contribution in [2.24, 2.45) is 5.92 Å². The highest BCUT2D eigenvalue weighted by Crippen LogP contribution is 2.40. The number of benzene rings is 1. The molecule has 1 aromatic rings.